The van der Waals surface area contributed by atoms with Gasteiger partial charge in [0, 0.05) is 28.9 Å². The molecule has 0 saturated carbocycles. The molecule has 0 fully saturated rings. The van der Waals surface area contributed by atoms with E-state index in [0.717, 1.165) is 6.42 Å². The summed E-state index contributed by atoms with van der Waals surface area (Å²) in [7, 11) is 0. The minimum absolute atomic E-state index is 0.0175. The van der Waals surface area contributed by atoms with Crippen LogP contribution in [0, 0.1) is 0 Å². The standard InChI is InChI=1S/C13H19ClN2O/c1-4-9(3)16(5-2)13(17)10-6-11(14)8-12(15)7-10/h6-9H,4-5,15H2,1-3H3. The minimum atomic E-state index is -0.0175. The molecule has 0 aliphatic heterocycles. The Kier molecular flexibility index (Phi) is 4.82. The van der Waals surface area contributed by atoms with Crippen molar-refractivity contribution >= 4 is 23.2 Å². The van der Waals surface area contributed by atoms with Crippen LogP contribution in [-0.2, 0) is 0 Å². The van der Waals surface area contributed by atoms with Gasteiger partial charge in [-0.1, -0.05) is 18.5 Å². The number of amides is 1. The fourth-order valence-corrected chi connectivity index (χ4v) is 2.02. The van der Waals surface area contributed by atoms with Crippen LogP contribution in [0.2, 0.25) is 5.02 Å². The molecule has 1 rings (SSSR count). The molecule has 1 aromatic rings. The lowest BCUT2D eigenvalue weighted by atomic mass is 10.1. The summed E-state index contributed by atoms with van der Waals surface area (Å²) in [5.41, 5.74) is 6.76. The van der Waals surface area contributed by atoms with Crippen LogP contribution in [0.15, 0.2) is 18.2 Å². The number of nitrogen functional groups attached to an aromatic ring is 1. The smallest absolute Gasteiger partial charge is 0.254 e. The fourth-order valence-electron chi connectivity index (χ4n) is 1.78. The third-order valence-electron chi connectivity index (χ3n) is 2.89. The summed E-state index contributed by atoms with van der Waals surface area (Å²) >= 11 is 5.90. The van der Waals surface area contributed by atoms with E-state index in [1.54, 1.807) is 18.2 Å². The van der Waals surface area contributed by atoms with Crippen LogP contribution in [0.25, 0.3) is 0 Å². The zero-order valence-electron chi connectivity index (χ0n) is 10.5. The molecule has 94 valence electrons. The number of anilines is 1. The molecule has 1 amide bonds. The van der Waals surface area contributed by atoms with Crippen molar-refractivity contribution in [2.45, 2.75) is 33.2 Å². The highest BCUT2D eigenvalue weighted by molar-refractivity contribution is 6.31. The van der Waals surface area contributed by atoms with Gasteiger partial charge in [-0.15, -0.1) is 0 Å². The maximum atomic E-state index is 12.3. The lowest BCUT2D eigenvalue weighted by Crippen LogP contribution is -2.38. The fraction of sp³-hybridized carbons (Fsp3) is 0.462. The Morgan fingerprint density at radius 2 is 2.06 bits per heavy atom. The van der Waals surface area contributed by atoms with Gasteiger partial charge in [-0.05, 0) is 38.5 Å². The number of nitrogens with zero attached hydrogens (tertiary/aromatic N) is 1. The second-order valence-electron chi connectivity index (χ2n) is 4.12. The summed E-state index contributed by atoms with van der Waals surface area (Å²) in [5, 5.41) is 0.494. The molecule has 0 bridgehead atoms. The van der Waals surface area contributed by atoms with E-state index >= 15 is 0 Å². The van der Waals surface area contributed by atoms with E-state index in [1.165, 1.54) is 0 Å². The van der Waals surface area contributed by atoms with Crippen LogP contribution in [-0.4, -0.2) is 23.4 Å². The maximum absolute atomic E-state index is 12.3. The van der Waals surface area contributed by atoms with Gasteiger partial charge in [0.05, 0.1) is 0 Å². The average Bonchev–Trinajstić information content (AvgIpc) is 2.28. The molecule has 3 nitrogen and oxygen atoms in total. The van der Waals surface area contributed by atoms with Crippen molar-refractivity contribution in [3.05, 3.63) is 28.8 Å². The molecule has 4 heteroatoms. The second-order valence-corrected chi connectivity index (χ2v) is 4.56. The summed E-state index contributed by atoms with van der Waals surface area (Å²) in [6, 6.07) is 5.18. The number of carbonyl (C=O) groups excluding carboxylic acids is 1. The first kappa shape index (κ1) is 13.8. The van der Waals surface area contributed by atoms with E-state index in [2.05, 4.69) is 6.92 Å². The van der Waals surface area contributed by atoms with Crippen molar-refractivity contribution < 1.29 is 4.79 Å². The van der Waals surface area contributed by atoms with Crippen LogP contribution < -0.4 is 5.73 Å². The number of hydrogen-bond donors (Lipinski definition) is 1. The number of benzene rings is 1. The normalized spacial score (nSPS) is 12.2. The van der Waals surface area contributed by atoms with Gasteiger partial charge < -0.3 is 10.6 Å². The van der Waals surface area contributed by atoms with Gasteiger partial charge in [-0.3, -0.25) is 4.79 Å². The zero-order chi connectivity index (χ0) is 13.0. The van der Waals surface area contributed by atoms with Gasteiger partial charge in [0.1, 0.15) is 0 Å². The van der Waals surface area contributed by atoms with E-state index in [9.17, 15) is 4.79 Å². The van der Waals surface area contributed by atoms with Gasteiger partial charge >= 0.3 is 0 Å². The number of rotatable bonds is 4. The Balaban J connectivity index is 3.01. The minimum Gasteiger partial charge on any atom is -0.399 e. The summed E-state index contributed by atoms with van der Waals surface area (Å²) in [4.78, 5) is 14.1. The molecule has 0 aromatic heterocycles. The van der Waals surface area contributed by atoms with Crippen LogP contribution in [0.3, 0.4) is 0 Å². The Hall–Kier alpha value is -1.22. The van der Waals surface area contributed by atoms with E-state index in [4.69, 9.17) is 17.3 Å². The monoisotopic (exact) mass is 254 g/mol. The molecule has 1 atom stereocenters. The maximum Gasteiger partial charge on any atom is 0.254 e. The van der Waals surface area contributed by atoms with Gasteiger partial charge in [0.2, 0.25) is 0 Å². The third-order valence-corrected chi connectivity index (χ3v) is 3.11. The van der Waals surface area contributed by atoms with E-state index in [-0.39, 0.29) is 11.9 Å². The van der Waals surface area contributed by atoms with E-state index in [0.29, 0.717) is 22.8 Å². The van der Waals surface area contributed by atoms with Crippen LogP contribution in [0.5, 0.6) is 0 Å². The van der Waals surface area contributed by atoms with Crippen molar-refractivity contribution in [3.8, 4) is 0 Å². The molecule has 0 aliphatic rings. The number of halogens is 1. The zero-order valence-corrected chi connectivity index (χ0v) is 11.3. The van der Waals surface area contributed by atoms with Crippen LogP contribution >= 0.6 is 11.6 Å². The Morgan fingerprint density at radius 1 is 1.41 bits per heavy atom. The average molecular weight is 255 g/mol. The van der Waals surface area contributed by atoms with Gasteiger partial charge in [0.15, 0.2) is 0 Å². The Labute approximate surface area is 108 Å². The van der Waals surface area contributed by atoms with Crippen molar-refractivity contribution in [1.82, 2.24) is 4.90 Å². The molecule has 0 heterocycles. The predicted octanol–water partition coefficient (Wildman–Crippen LogP) is 3.18. The topological polar surface area (TPSA) is 46.3 Å². The summed E-state index contributed by atoms with van der Waals surface area (Å²) in [6.45, 7) is 6.75. The first-order chi connectivity index (χ1) is 7.99. The molecule has 17 heavy (non-hydrogen) atoms. The highest BCUT2D eigenvalue weighted by atomic mass is 35.5. The number of hydrogen-bond acceptors (Lipinski definition) is 2. The lowest BCUT2D eigenvalue weighted by molar-refractivity contribution is 0.0700. The predicted molar refractivity (Wildman–Crippen MR) is 72.3 cm³/mol. The van der Waals surface area contributed by atoms with Crippen molar-refractivity contribution in [1.29, 1.82) is 0 Å². The first-order valence-electron chi connectivity index (χ1n) is 5.86. The molecule has 0 aliphatic carbocycles. The van der Waals surface area contributed by atoms with E-state index < -0.39 is 0 Å². The molecule has 1 unspecified atom stereocenters. The molecule has 1 aromatic carbocycles. The summed E-state index contributed by atoms with van der Waals surface area (Å²) in [5.74, 6) is -0.0175. The highest BCUT2D eigenvalue weighted by Gasteiger charge is 2.19. The summed E-state index contributed by atoms with van der Waals surface area (Å²) < 4.78 is 0. The number of carbonyl (C=O) groups is 1. The van der Waals surface area contributed by atoms with E-state index in [1.807, 2.05) is 18.7 Å². The van der Waals surface area contributed by atoms with Gasteiger partial charge in [0.25, 0.3) is 5.91 Å². The largest absolute Gasteiger partial charge is 0.399 e. The molecule has 0 saturated heterocycles. The summed E-state index contributed by atoms with van der Waals surface area (Å²) in [6.07, 6.45) is 0.926. The van der Waals surface area contributed by atoms with Crippen molar-refractivity contribution in [2.75, 3.05) is 12.3 Å². The number of nitrogens with two attached hydrogens (primary N) is 1. The second kappa shape index (κ2) is 5.92. The van der Waals surface area contributed by atoms with Gasteiger partial charge in [-0.25, -0.2) is 0 Å². The molecule has 2 N–H and O–H groups in total. The van der Waals surface area contributed by atoms with Crippen LogP contribution in [0.4, 0.5) is 5.69 Å². The Bertz CT molecular complexity index is 386. The van der Waals surface area contributed by atoms with Crippen molar-refractivity contribution in [2.24, 2.45) is 0 Å². The Morgan fingerprint density at radius 3 is 2.53 bits per heavy atom. The first-order valence-corrected chi connectivity index (χ1v) is 6.24. The molecular formula is C13H19ClN2O. The molecule has 0 radical (unpaired) electrons. The highest BCUT2D eigenvalue weighted by Crippen LogP contribution is 2.19. The lowest BCUT2D eigenvalue weighted by Gasteiger charge is -2.27. The van der Waals surface area contributed by atoms with Crippen molar-refractivity contribution in [3.63, 3.8) is 0 Å². The van der Waals surface area contributed by atoms with Gasteiger partial charge in [-0.2, -0.15) is 0 Å². The third kappa shape index (κ3) is 3.37. The van der Waals surface area contributed by atoms with Crippen LogP contribution in [0.1, 0.15) is 37.6 Å². The SMILES string of the molecule is CCC(C)N(CC)C(=O)c1cc(N)cc(Cl)c1. The molecule has 0 spiro atoms. The molecular weight excluding hydrogens is 236 g/mol. The quantitative estimate of drug-likeness (QED) is 0.839.